The quantitative estimate of drug-likeness (QED) is 0.0274. The molecule has 0 saturated heterocycles. The summed E-state index contributed by atoms with van der Waals surface area (Å²) in [6.07, 6.45) is 61.6. The standard InChI is InChI=1S/C27H42O3S.C25H38O3S.Li.2H2O/c1-3-5-6-7-8-9-10-11-12-13-14-15-16-17-18-19-20-22-26(28)23-21-24-31-25-27(29)30-4-2;1-2-3-4-5-6-7-8-9-10-11-12-13-14-15-16-17-18-20-24(26)21-19-22-29-23-25(27)28;;;/h5-6,8-9,11-12,14-15,17-18H,3-4,7,10,13,16,19-25H2,1-2H3;3-4,6-7,9-10,12-13,15-16H,2,5,8,11,14,17-23H2,1H3,(H,27,28);;2*1H2/q;;+1;;/p-1/b6-5-,9-8-,12-11-,15-14-,18-17-;4-3-,7-6-,10-9-,13-12-,16-15-;;;. The predicted molar refractivity (Wildman–Crippen MR) is 270 cm³/mol. The molecule has 0 bridgehead atoms. The number of carboxylic acid groups (broad SMARTS) is 1. The van der Waals surface area contributed by atoms with Gasteiger partial charge in [-0.25, -0.2) is 0 Å². The molecule has 0 aromatic heterocycles. The van der Waals surface area contributed by atoms with E-state index in [4.69, 9.17) is 9.84 Å². The van der Waals surface area contributed by atoms with Crippen LogP contribution in [0.3, 0.4) is 0 Å². The van der Waals surface area contributed by atoms with Gasteiger partial charge in [0, 0.05) is 25.7 Å². The molecule has 4 N–H and O–H groups in total. The largest absolute Gasteiger partial charge is 1.00 e. The van der Waals surface area contributed by atoms with E-state index in [0.717, 1.165) is 114 Å². The molecule has 0 aromatic carbocycles. The van der Waals surface area contributed by atoms with Gasteiger partial charge in [-0.15, -0.1) is 0 Å². The minimum Gasteiger partial charge on any atom is -0.870 e. The number of ether oxygens (including phenoxy) is 1. The van der Waals surface area contributed by atoms with Crippen LogP contribution in [0, 0.1) is 0 Å². The van der Waals surface area contributed by atoms with Gasteiger partial charge in [-0.05, 0) is 121 Å². The van der Waals surface area contributed by atoms with Crippen molar-refractivity contribution >= 4 is 47.0 Å². The van der Waals surface area contributed by atoms with E-state index in [-0.39, 0.29) is 47.3 Å². The zero-order chi connectivity index (χ0) is 44.3. The van der Waals surface area contributed by atoms with Gasteiger partial charge >= 0.3 is 30.8 Å². The molecule has 0 atom stereocenters. The molecule has 352 valence electrons. The first-order chi connectivity index (χ1) is 29.4. The number of unbranched alkanes of at least 4 members (excludes halogenated alkanes) is 2. The Morgan fingerprint density at radius 3 is 1.03 bits per heavy atom. The molecule has 11 heteroatoms. The molecule has 0 aliphatic carbocycles. The Morgan fingerprint density at radius 2 is 0.730 bits per heavy atom. The van der Waals surface area contributed by atoms with Gasteiger partial charge in [0.15, 0.2) is 0 Å². The number of carboxylic acids is 1. The molecule has 0 aromatic rings. The number of hydrogen-bond acceptors (Lipinski definition) is 8. The molecular formula is C52H83LiO8S2. The number of Topliss-reactive ketones (excluding diaryl/α,β-unsaturated/α-hetero) is 2. The van der Waals surface area contributed by atoms with Crippen LogP contribution in [0.15, 0.2) is 122 Å². The number of carbonyl (C=O) groups excluding carboxylic acids is 3. The van der Waals surface area contributed by atoms with E-state index in [1.165, 1.54) is 11.8 Å². The first-order valence-electron chi connectivity index (χ1n) is 22.4. The molecule has 0 amide bonds. The van der Waals surface area contributed by atoms with Crippen molar-refractivity contribution in [3.05, 3.63) is 122 Å². The Hall–Kier alpha value is -3.10. The number of carbonyl (C=O) groups is 4. The Morgan fingerprint density at radius 1 is 0.444 bits per heavy atom. The third kappa shape index (κ3) is 65.6. The molecule has 0 unspecified atom stereocenters. The topological polar surface area (TPSA) is 159 Å². The van der Waals surface area contributed by atoms with Crippen molar-refractivity contribution in [1.82, 2.24) is 0 Å². The predicted octanol–water partition coefficient (Wildman–Crippen LogP) is 10.6. The second-order valence-electron chi connectivity index (χ2n) is 13.8. The normalized spacial score (nSPS) is 11.8. The van der Waals surface area contributed by atoms with E-state index < -0.39 is 5.97 Å². The minimum atomic E-state index is -0.793. The Bertz CT molecular complexity index is 1360. The maximum Gasteiger partial charge on any atom is 1.00 e. The van der Waals surface area contributed by atoms with Crippen LogP contribution < -0.4 is 18.9 Å². The van der Waals surface area contributed by atoms with Crippen molar-refractivity contribution in [2.75, 3.05) is 29.6 Å². The number of allylic oxidation sites excluding steroid dienone is 20. The molecule has 0 rings (SSSR count). The zero-order valence-corrected chi connectivity index (χ0v) is 41.1. The summed E-state index contributed by atoms with van der Waals surface area (Å²) in [7, 11) is 0. The molecule has 0 saturated carbocycles. The number of thioether (sulfide) groups is 2. The molecule has 0 spiro atoms. The van der Waals surface area contributed by atoms with Crippen LogP contribution in [0.2, 0.25) is 0 Å². The van der Waals surface area contributed by atoms with Crippen molar-refractivity contribution in [3.8, 4) is 0 Å². The summed E-state index contributed by atoms with van der Waals surface area (Å²) in [6.45, 7) is 6.53. The fourth-order valence-corrected chi connectivity index (χ4v) is 6.49. The molecule has 0 aliphatic rings. The van der Waals surface area contributed by atoms with Crippen LogP contribution in [-0.2, 0) is 23.9 Å². The summed E-state index contributed by atoms with van der Waals surface area (Å²) >= 11 is 2.92. The Labute approximate surface area is 404 Å². The third-order valence-electron chi connectivity index (χ3n) is 8.21. The smallest absolute Gasteiger partial charge is 0.870 e. The fraction of sp³-hybridized carbons (Fsp3) is 0.538. The van der Waals surface area contributed by atoms with Crippen LogP contribution in [-0.4, -0.2) is 69.2 Å². The second kappa shape index (κ2) is 61.0. The van der Waals surface area contributed by atoms with E-state index in [1.54, 1.807) is 18.7 Å². The summed E-state index contributed by atoms with van der Waals surface area (Å²) in [6, 6.07) is 0. The zero-order valence-electron chi connectivity index (χ0n) is 39.5. The van der Waals surface area contributed by atoms with E-state index >= 15 is 0 Å². The van der Waals surface area contributed by atoms with Gasteiger partial charge in [-0.1, -0.05) is 135 Å². The second-order valence-corrected chi connectivity index (χ2v) is 16.0. The summed E-state index contributed by atoms with van der Waals surface area (Å²) in [4.78, 5) is 45.2. The van der Waals surface area contributed by atoms with E-state index in [9.17, 15) is 19.2 Å². The summed E-state index contributed by atoms with van der Waals surface area (Å²) in [5, 5.41) is 8.53. The van der Waals surface area contributed by atoms with Gasteiger partial charge in [-0.3, -0.25) is 19.2 Å². The summed E-state index contributed by atoms with van der Waals surface area (Å²) in [5.41, 5.74) is 0. The Balaban J connectivity index is -0.000000340. The van der Waals surface area contributed by atoms with Crippen molar-refractivity contribution in [1.29, 1.82) is 0 Å². The van der Waals surface area contributed by atoms with E-state index in [2.05, 4.69) is 135 Å². The molecule has 0 aliphatic heterocycles. The van der Waals surface area contributed by atoms with Gasteiger partial charge in [0.2, 0.25) is 0 Å². The van der Waals surface area contributed by atoms with Gasteiger partial charge < -0.3 is 20.8 Å². The van der Waals surface area contributed by atoms with Crippen LogP contribution in [0.4, 0.5) is 0 Å². The van der Waals surface area contributed by atoms with Crippen LogP contribution in [0.5, 0.6) is 0 Å². The molecule has 0 fully saturated rings. The van der Waals surface area contributed by atoms with Gasteiger partial charge in [0.25, 0.3) is 0 Å². The van der Waals surface area contributed by atoms with Gasteiger partial charge in [0.05, 0.1) is 18.1 Å². The number of esters is 1. The summed E-state index contributed by atoms with van der Waals surface area (Å²) < 4.78 is 4.87. The van der Waals surface area contributed by atoms with E-state index in [1.807, 2.05) is 0 Å². The third-order valence-corrected chi connectivity index (χ3v) is 10.3. The fourth-order valence-electron chi connectivity index (χ4n) is 5.08. The monoisotopic (exact) mass is 907 g/mol. The number of hydrogen-bond donors (Lipinski definition) is 1. The van der Waals surface area contributed by atoms with Crippen LogP contribution >= 0.6 is 23.5 Å². The molecule has 0 radical (unpaired) electrons. The van der Waals surface area contributed by atoms with Gasteiger partial charge in [0.1, 0.15) is 11.6 Å². The average molecular weight is 907 g/mol. The van der Waals surface area contributed by atoms with Crippen molar-refractivity contribution in [2.24, 2.45) is 0 Å². The first kappa shape index (κ1) is 68.9. The molecule has 0 heterocycles. The van der Waals surface area contributed by atoms with Crippen molar-refractivity contribution in [2.45, 2.75) is 149 Å². The SMILES string of the molecule is CC/C=C\C/C=C\C/C=C\C/C=C\C/C=C\CCCC(=O)CCCSCC(=O)O.CC/C=C\C/C=C\C/C=C\C/C=C\C/C=C\CCCC(=O)CCCSCC(=O)OCC.O.[Li+].[OH-]. The van der Waals surface area contributed by atoms with Gasteiger partial charge in [-0.2, -0.15) is 23.5 Å². The number of aliphatic carboxylic acids is 1. The minimum absolute atomic E-state index is 0. The van der Waals surface area contributed by atoms with Crippen LogP contribution in [0.1, 0.15) is 149 Å². The molecule has 63 heavy (non-hydrogen) atoms. The maximum atomic E-state index is 11.9. The number of rotatable bonds is 39. The Kier molecular flexibility index (Phi) is 66.7. The number of ketones is 2. The van der Waals surface area contributed by atoms with Crippen molar-refractivity contribution in [3.63, 3.8) is 0 Å². The molecule has 8 nitrogen and oxygen atoms in total. The maximum absolute atomic E-state index is 11.9. The molecular weight excluding hydrogens is 824 g/mol. The van der Waals surface area contributed by atoms with Crippen LogP contribution in [0.25, 0.3) is 0 Å². The average Bonchev–Trinajstić information content (AvgIpc) is 3.23. The summed E-state index contributed by atoms with van der Waals surface area (Å²) in [5.74, 6) is 1.72. The van der Waals surface area contributed by atoms with Crippen molar-refractivity contribution < 1.29 is 58.8 Å². The van der Waals surface area contributed by atoms with E-state index in [0.29, 0.717) is 43.8 Å². The first-order valence-corrected chi connectivity index (χ1v) is 24.7.